The molecule has 146 valence electrons. The van der Waals surface area contributed by atoms with E-state index >= 15 is 0 Å². The summed E-state index contributed by atoms with van der Waals surface area (Å²) < 4.78 is 29.3. The molecular formula is C19H22N6O2S. The highest BCUT2D eigenvalue weighted by atomic mass is 32.2. The van der Waals surface area contributed by atoms with Gasteiger partial charge >= 0.3 is 0 Å². The third kappa shape index (κ3) is 3.50. The number of aromatic nitrogens is 4. The summed E-state index contributed by atoms with van der Waals surface area (Å²) in [6.07, 6.45) is 5.02. The van der Waals surface area contributed by atoms with Gasteiger partial charge in [-0.1, -0.05) is 17.7 Å². The maximum Gasteiger partial charge on any atom is 0.243 e. The SMILES string of the molecule is Cc1ccc(S(=O)(=O)N2CCN(c3cc(-n4cccn4)ncn3)CC2)c(C)c1. The molecule has 9 heteroatoms. The Morgan fingerprint density at radius 3 is 2.39 bits per heavy atom. The minimum absolute atomic E-state index is 0.384. The molecule has 0 spiro atoms. The van der Waals surface area contributed by atoms with Crippen LogP contribution in [-0.2, 0) is 10.0 Å². The van der Waals surface area contributed by atoms with E-state index in [0.717, 1.165) is 16.9 Å². The molecule has 3 heterocycles. The molecule has 1 saturated heterocycles. The van der Waals surface area contributed by atoms with Crippen LogP contribution in [-0.4, -0.2) is 58.7 Å². The van der Waals surface area contributed by atoms with Gasteiger partial charge in [0.25, 0.3) is 0 Å². The Labute approximate surface area is 164 Å². The van der Waals surface area contributed by atoms with Crippen molar-refractivity contribution in [2.45, 2.75) is 18.7 Å². The van der Waals surface area contributed by atoms with Gasteiger partial charge in [0.1, 0.15) is 12.1 Å². The topological polar surface area (TPSA) is 84.2 Å². The molecular weight excluding hydrogens is 376 g/mol. The van der Waals surface area contributed by atoms with Crippen LogP contribution >= 0.6 is 0 Å². The second-order valence-corrected chi connectivity index (χ2v) is 8.75. The first kappa shape index (κ1) is 18.6. The lowest BCUT2D eigenvalue weighted by Gasteiger charge is -2.34. The summed E-state index contributed by atoms with van der Waals surface area (Å²) in [6.45, 7) is 5.77. The van der Waals surface area contributed by atoms with Gasteiger partial charge in [0, 0.05) is 44.6 Å². The second-order valence-electron chi connectivity index (χ2n) is 6.85. The van der Waals surface area contributed by atoms with Crippen molar-refractivity contribution in [2.24, 2.45) is 0 Å². The summed E-state index contributed by atoms with van der Waals surface area (Å²) in [5.41, 5.74) is 1.83. The predicted molar refractivity (Wildman–Crippen MR) is 106 cm³/mol. The summed E-state index contributed by atoms with van der Waals surface area (Å²) in [5.74, 6) is 1.45. The number of piperazine rings is 1. The number of benzene rings is 1. The molecule has 0 radical (unpaired) electrons. The third-order valence-electron chi connectivity index (χ3n) is 4.89. The van der Waals surface area contributed by atoms with Crippen LogP contribution in [0.25, 0.3) is 5.82 Å². The normalized spacial score (nSPS) is 15.7. The molecule has 0 atom stereocenters. The first-order valence-electron chi connectivity index (χ1n) is 9.09. The number of rotatable bonds is 4. The van der Waals surface area contributed by atoms with Crippen molar-refractivity contribution >= 4 is 15.8 Å². The number of anilines is 1. The van der Waals surface area contributed by atoms with Crippen molar-refractivity contribution < 1.29 is 8.42 Å². The van der Waals surface area contributed by atoms with Gasteiger partial charge in [0.05, 0.1) is 4.90 Å². The fourth-order valence-electron chi connectivity index (χ4n) is 3.43. The maximum absolute atomic E-state index is 13.0. The Morgan fingerprint density at radius 1 is 0.964 bits per heavy atom. The van der Waals surface area contributed by atoms with Crippen molar-refractivity contribution in [1.82, 2.24) is 24.1 Å². The van der Waals surface area contributed by atoms with Gasteiger partial charge in [-0.05, 0) is 31.5 Å². The van der Waals surface area contributed by atoms with Crippen molar-refractivity contribution in [1.29, 1.82) is 0 Å². The van der Waals surface area contributed by atoms with E-state index < -0.39 is 10.0 Å². The molecule has 8 nitrogen and oxygen atoms in total. The molecule has 1 aliphatic rings. The van der Waals surface area contributed by atoms with Crippen molar-refractivity contribution in [3.05, 3.63) is 60.2 Å². The highest BCUT2D eigenvalue weighted by Gasteiger charge is 2.30. The molecule has 1 fully saturated rings. The van der Waals surface area contributed by atoms with Crippen LogP contribution in [0, 0.1) is 13.8 Å². The van der Waals surface area contributed by atoms with Crippen LogP contribution in [0.2, 0.25) is 0 Å². The molecule has 0 N–H and O–H groups in total. The van der Waals surface area contributed by atoms with E-state index in [-0.39, 0.29) is 0 Å². The molecule has 0 amide bonds. The van der Waals surface area contributed by atoms with Crippen LogP contribution < -0.4 is 4.90 Å². The van der Waals surface area contributed by atoms with E-state index in [2.05, 4.69) is 20.0 Å². The van der Waals surface area contributed by atoms with Crippen LogP contribution in [0.1, 0.15) is 11.1 Å². The minimum atomic E-state index is -3.50. The molecule has 0 aliphatic carbocycles. The van der Waals surface area contributed by atoms with Gasteiger partial charge in [0.2, 0.25) is 10.0 Å². The third-order valence-corrected chi connectivity index (χ3v) is 6.95. The number of hydrogen-bond acceptors (Lipinski definition) is 6. The summed E-state index contributed by atoms with van der Waals surface area (Å²) in [7, 11) is -3.50. The highest BCUT2D eigenvalue weighted by molar-refractivity contribution is 7.89. The largest absolute Gasteiger partial charge is 0.354 e. The average molecular weight is 398 g/mol. The fourth-order valence-corrected chi connectivity index (χ4v) is 5.05. The van der Waals surface area contributed by atoms with Crippen molar-refractivity contribution in [2.75, 3.05) is 31.1 Å². The summed E-state index contributed by atoms with van der Waals surface area (Å²) in [6, 6.07) is 9.14. The number of hydrogen-bond donors (Lipinski definition) is 0. The smallest absolute Gasteiger partial charge is 0.243 e. The van der Waals surface area contributed by atoms with Crippen LogP contribution in [0.5, 0.6) is 0 Å². The van der Waals surface area contributed by atoms with Crippen LogP contribution in [0.4, 0.5) is 5.82 Å². The first-order chi connectivity index (χ1) is 13.4. The Kier molecular flexibility index (Phi) is 4.86. The highest BCUT2D eigenvalue weighted by Crippen LogP contribution is 2.23. The van der Waals surface area contributed by atoms with E-state index in [9.17, 15) is 8.42 Å². The van der Waals surface area contributed by atoms with Gasteiger partial charge in [-0.15, -0.1) is 0 Å². The van der Waals surface area contributed by atoms with Gasteiger partial charge in [-0.25, -0.2) is 23.1 Å². The Bertz CT molecular complexity index is 1070. The maximum atomic E-state index is 13.0. The van der Waals surface area contributed by atoms with E-state index in [0.29, 0.717) is 36.9 Å². The molecule has 0 bridgehead atoms. The lowest BCUT2D eigenvalue weighted by Crippen LogP contribution is -2.49. The van der Waals surface area contributed by atoms with Crippen LogP contribution in [0.3, 0.4) is 0 Å². The second kappa shape index (κ2) is 7.33. The number of aryl methyl sites for hydroxylation is 2. The van der Waals surface area contributed by atoms with E-state index in [1.807, 2.05) is 44.3 Å². The average Bonchev–Trinajstić information content (AvgIpc) is 3.23. The monoisotopic (exact) mass is 398 g/mol. The molecule has 1 aliphatic heterocycles. The predicted octanol–water partition coefficient (Wildman–Crippen LogP) is 1.79. The molecule has 3 aromatic rings. The van der Waals surface area contributed by atoms with Gasteiger partial charge in [-0.3, -0.25) is 0 Å². The Hall–Kier alpha value is -2.78. The van der Waals surface area contributed by atoms with E-state index in [1.165, 1.54) is 6.33 Å². The van der Waals surface area contributed by atoms with E-state index in [4.69, 9.17) is 0 Å². The fraction of sp³-hybridized carbons (Fsp3) is 0.316. The van der Waals surface area contributed by atoms with Gasteiger partial charge in [-0.2, -0.15) is 9.40 Å². The van der Waals surface area contributed by atoms with Gasteiger partial charge < -0.3 is 4.90 Å². The Balaban J connectivity index is 1.50. The zero-order chi connectivity index (χ0) is 19.7. The first-order valence-corrected chi connectivity index (χ1v) is 10.5. The lowest BCUT2D eigenvalue weighted by molar-refractivity contribution is 0.383. The number of nitrogens with zero attached hydrogens (tertiary/aromatic N) is 6. The lowest BCUT2D eigenvalue weighted by atomic mass is 10.2. The minimum Gasteiger partial charge on any atom is -0.354 e. The summed E-state index contributed by atoms with van der Waals surface area (Å²) in [5, 5.41) is 4.19. The quantitative estimate of drug-likeness (QED) is 0.666. The zero-order valence-corrected chi connectivity index (χ0v) is 16.7. The summed E-state index contributed by atoms with van der Waals surface area (Å²) in [4.78, 5) is 11.0. The summed E-state index contributed by atoms with van der Waals surface area (Å²) >= 11 is 0. The Morgan fingerprint density at radius 2 is 1.71 bits per heavy atom. The zero-order valence-electron chi connectivity index (χ0n) is 15.9. The molecule has 0 unspecified atom stereocenters. The molecule has 28 heavy (non-hydrogen) atoms. The van der Waals surface area contributed by atoms with Crippen LogP contribution in [0.15, 0.2) is 53.9 Å². The van der Waals surface area contributed by atoms with Crippen molar-refractivity contribution in [3.8, 4) is 5.82 Å². The number of sulfonamides is 1. The standard InChI is InChI=1S/C19H22N6O2S/c1-15-4-5-17(16(2)12-15)28(26,27)24-10-8-23(9-11-24)18-13-19(21-14-20-18)25-7-3-6-22-25/h3-7,12-14H,8-11H2,1-2H3. The molecule has 4 rings (SSSR count). The van der Waals surface area contributed by atoms with E-state index in [1.54, 1.807) is 21.3 Å². The molecule has 1 aromatic carbocycles. The molecule has 0 saturated carbocycles. The van der Waals surface area contributed by atoms with Gasteiger partial charge in [0.15, 0.2) is 5.82 Å². The molecule has 2 aromatic heterocycles. The van der Waals surface area contributed by atoms with Crippen molar-refractivity contribution in [3.63, 3.8) is 0 Å².